The third-order valence-electron chi connectivity index (χ3n) is 6.48. The van der Waals surface area contributed by atoms with E-state index in [1.807, 2.05) is 13.0 Å². The molecule has 0 radical (unpaired) electrons. The predicted octanol–water partition coefficient (Wildman–Crippen LogP) is 3.32. The van der Waals surface area contributed by atoms with Crippen LogP contribution in [0.25, 0.3) is 22.6 Å². The van der Waals surface area contributed by atoms with Crippen molar-refractivity contribution in [1.29, 1.82) is 0 Å². The van der Waals surface area contributed by atoms with E-state index in [9.17, 15) is 4.79 Å². The Bertz CT molecular complexity index is 1010. The highest BCUT2D eigenvalue weighted by molar-refractivity contribution is 6.07. The average Bonchev–Trinajstić information content (AvgIpc) is 3.28. The molecular weight excluding hydrogens is 318 g/mol. The monoisotopic (exact) mass is 335 g/mol. The molecule has 4 aliphatic rings. The summed E-state index contributed by atoms with van der Waals surface area (Å²) in [6.07, 6.45) is 5.28. The number of amides is 1. The first kappa shape index (κ1) is 13.6. The number of furan rings is 1. The molecule has 6 heteroatoms. The molecular formula is C19H17N3O3. The first-order valence-electron chi connectivity index (χ1n) is 8.79. The summed E-state index contributed by atoms with van der Waals surface area (Å²) < 4.78 is 10.8. The Labute approximate surface area is 143 Å². The number of fused-ring (bicyclic) bond motifs is 1. The van der Waals surface area contributed by atoms with Crippen LogP contribution >= 0.6 is 0 Å². The highest BCUT2D eigenvalue weighted by atomic mass is 16.5. The van der Waals surface area contributed by atoms with E-state index >= 15 is 0 Å². The molecule has 2 atom stereocenters. The van der Waals surface area contributed by atoms with Crippen molar-refractivity contribution >= 4 is 17.0 Å². The summed E-state index contributed by atoms with van der Waals surface area (Å²) in [6, 6.07) is 5.40. The van der Waals surface area contributed by atoms with Crippen LogP contribution in [0.1, 0.15) is 35.3 Å². The van der Waals surface area contributed by atoms with E-state index in [2.05, 4.69) is 15.5 Å². The minimum Gasteiger partial charge on any atom is -0.463 e. The van der Waals surface area contributed by atoms with Crippen LogP contribution in [0.3, 0.4) is 0 Å². The molecule has 6 nitrogen and oxygen atoms in total. The predicted molar refractivity (Wildman–Crippen MR) is 88.8 cm³/mol. The van der Waals surface area contributed by atoms with Gasteiger partial charge in [-0.3, -0.25) is 4.79 Å². The second kappa shape index (κ2) is 4.31. The Morgan fingerprint density at radius 3 is 2.88 bits per heavy atom. The van der Waals surface area contributed by atoms with Gasteiger partial charge in [0.15, 0.2) is 5.76 Å². The van der Waals surface area contributed by atoms with Gasteiger partial charge >= 0.3 is 0 Å². The summed E-state index contributed by atoms with van der Waals surface area (Å²) in [4.78, 5) is 17.6. The van der Waals surface area contributed by atoms with E-state index in [-0.39, 0.29) is 11.4 Å². The van der Waals surface area contributed by atoms with Crippen LogP contribution in [-0.2, 0) is 0 Å². The number of nitrogens with zero attached hydrogens (tertiary/aromatic N) is 2. The molecule has 3 heterocycles. The number of nitrogens with one attached hydrogen (secondary N) is 1. The summed E-state index contributed by atoms with van der Waals surface area (Å²) in [6.45, 7) is 1.83. The number of hydrogen-bond acceptors (Lipinski definition) is 5. The van der Waals surface area contributed by atoms with Gasteiger partial charge in [0.05, 0.1) is 22.9 Å². The molecule has 7 rings (SSSR count). The third kappa shape index (κ3) is 1.67. The number of aromatic nitrogens is 2. The lowest BCUT2D eigenvalue weighted by Gasteiger charge is -2.15. The molecule has 3 aromatic heterocycles. The van der Waals surface area contributed by atoms with Gasteiger partial charge in [-0.25, -0.2) is 4.98 Å². The second-order valence-corrected chi connectivity index (χ2v) is 7.73. The summed E-state index contributed by atoms with van der Waals surface area (Å²) in [5.74, 6) is 2.74. The van der Waals surface area contributed by atoms with Gasteiger partial charge in [-0.2, -0.15) is 0 Å². The smallest absolute Gasteiger partial charge is 0.259 e. The molecule has 3 aromatic rings. The molecule has 1 amide bonds. The van der Waals surface area contributed by atoms with Crippen LogP contribution < -0.4 is 5.32 Å². The molecule has 4 saturated carbocycles. The number of carbonyl (C=O) groups excluding carboxylic acids is 1. The molecule has 0 spiro atoms. The van der Waals surface area contributed by atoms with E-state index < -0.39 is 0 Å². The van der Waals surface area contributed by atoms with E-state index in [0.29, 0.717) is 45.6 Å². The maximum Gasteiger partial charge on any atom is 0.259 e. The van der Waals surface area contributed by atoms with Crippen molar-refractivity contribution in [3.63, 3.8) is 0 Å². The quantitative estimate of drug-likeness (QED) is 0.794. The van der Waals surface area contributed by atoms with Crippen molar-refractivity contribution in [3.05, 3.63) is 35.7 Å². The highest BCUT2D eigenvalue weighted by Crippen LogP contribution is 2.73. The zero-order chi connectivity index (χ0) is 16.8. The summed E-state index contributed by atoms with van der Waals surface area (Å²) >= 11 is 0. The minimum absolute atomic E-state index is 0.0489. The van der Waals surface area contributed by atoms with Crippen molar-refractivity contribution in [2.45, 2.75) is 31.7 Å². The lowest BCUT2D eigenvalue weighted by atomic mass is 10.1. The zero-order valence-corrected chi connectivity index (χ0v) is 13.8. The van der Waals surface area contributed by atoms with Crippen molar-refractivity contribution in [2.75, 3.05) is 0 Å². The van der Waals surface area contributed by atoms with E-state index in [0.717, 1.165) is 12.3 Å². The molecule has 0 aromatic carbocycles. The maximum atomic E-state index is 13.1. The van der Waals surface area contributed by atoms with E-state index in [1.165, 1.54) is 12.8 Å². The Hall–Kier alpha value is -2.63. The Balaban J connectivity index is 1.45. The highest BCUT2D eigenvalue weighted by Gasteiger charge is 2.75. The molecule has 2 unspecified atom stereocenters. The molecule has 4 bridgehead atoms. The van der Waals surface area contributed by atoms with Gasteiger partial charge in [0, 0.05) is 5.54 Å². The van der Waals surface area contributed by atoms with Gasteiger partial charge in [0.1, 0.15) is 5.69 Å². The van der Waals surface area contributed by atoms with E-state index in [4.69, 9.17) is 8.94 Å². The summed E-state index contributed by atoms with van der Waals surface area (Å²) in [5.41, 5.74) is 2.25. The fourth-order valence-electron chi connectivity index (χ4n) is 5.45. The lowest BCUT2D eigenvalue weighted by molar-refractivity contribution is 0.0930. The van der Waals surface area contributed by atoms with Gasteiger partial charge in [-0.1, -0.05) is 5.16 Å². The zero-order valence-electron chi connectivity index (χ0n) is 13.8. The molecule has 0 aliphatic heterocycles. The summed E-state index contributed by atoms with van der Waals surface area (Å²) in [5, 5.41) is 8.03. The number of pyridine rings is 1. The van der Waals surface area contributed by atoms with Crippen LogP contribution in [0.2, 0.25) is 0 Å². The number of carbonyl (C=O) groups is 1. The standard InChI is InChI=1S/C19H17N3O3/c1-9-16-11(17(23)21-19-8-10-5-12(19)13(19)6-10)7-14(15-3-2-4-24-15)20-18(16)25-22-9/h2-4,7,10,12-13H,5-6,8H2,1H3,(H,21,23). The van der Waals surface area contributed by atoms with Crippen molar-refractivity contribution < 1.29 is 13.7 Å². The number of rotatable bonds is 3. The molecule has 25 heavy (non-hydrogen) atoms. The van der Waals surface area contributed by atoms with Crippen molar-refractivity contribution in [1.82, 2.24) is 15.5 Å². The topological polar surface area (TPSA) is 81.2 Å². The summed E-state index contributed by atoms with van der Waals surface area (Å²) in [7, 11) is 0. The van der Waals surface area contributed by atoms with Gasteiger partial charge in [-0.15, -0.1) is 0 Å². The normalized spacial score (nSPS) is 31.6. The largest absolute Gasteiger partial charge is 0.463 e. The SMILES string of the molecule is Cc1noc2nc(-c3ccco3)cc(C(=O)NC34CC5CC3C4C5)c12. The van der Waals surface area contributed by atoms with Crippen molar-refractivity contribution in [2.24, 2.45) is 17.8 Å². The Kier molecular flexibility index (Phi) is 2.35. The molecule has 4 aliphatic carbocycles. The Morgan fingerprint density at radius 1 is 1.36 bits per heavy atom. The Morgan fingerprint density at radius 2 is 2.20 bits per heavy atom. The third-order valence-corrected chi connectivity index (χ3v) is 6.48. The fourth-order valence-corrected chi connectivity index (χ4v) is 5.45. The maximum absolute atomic E-state index is 13.1. The minimum atomic E-state index is -0.0541. The van der Waals surface area contributed by atoms with Gasteiger partial charge in [0.2, 0.25) is 0 Å². The van der Waals surface area contributed by atoms with Crippen LogP contribution in [-0.4, -0.2) is 21.6 Å². The van der Waals surface area contributed by atoms with Gasteiger partial charge in [0.25, 0.3) is 11.6 Å². The molecule has 0 saturated heterocycles. The first-order valence-corrected chi connectivity index (χ1v) is 8.79. The molecule has 1 N–H and O–H groups in total. The van der Waals surface area contributed by atoms with E-state index in [1.54, 1.807) is 18.4 Å². The number of aryl methyl sites for hydroxylation is 1. The van der Waals surface area contributed by atoms with Crippen LogP contribution in [0.4, 0.5) is 0 Å². The number of hydrogen-bond donors (Lipinski definition) is 1. The second-order valence-electron chi connectivity index (χ2n) is 7.73. The van der Waals surface area contributed by atoms with Crippen LogP contribution in [0.5, 0.6) is 0 Å². The van der Waals surface area contributed by atoms with Crippen molar-refractivity contribution in [3.8, 4) is 11.5 Å². The van der Waals surface area contributed by atoms with Crippen LogP contribution in [0.15, 0.2) is 33.4 Å². The molecule has 4 fully saturated rings. The fraction of sp³-hybridized carbons (Fsp3) is 0.421. The average molecular weight is 335 g/mol. The first-order chi connectivity index (χ1) is 12.2. The lowest BCUT2D eigenvalue weighted by Crippen LogP contribution is -2.37. The van der Waals surface area contributed by atoms with Gasteiger partial charge < -0.3 is 14.3 Å². The molecule has 126 valence electrons. The van der Waals surface area contributed by atoms with Crippen LogP contribution in [0, 0.1) is 24.7 Å². The van der Waals surface area contributed by atoms with Gasteiger partial charge in [-0.05, 0) is 62.1 Å².